The highest BCUT2D eigenvalue weighted by atomic mass is 32.2. The number of aromatic nitrogens is 3. The van der Waals surface area contributed by atoms with Crippen molar-refractivity contribution in [3.05, 3.63) is 41.5 Å². The van der Waals surface area contributed by atoms with Gasteiger partial charge >= 0.3 is 5.97 Å². The fourth-order valence-electron chi connectivity index (χ4n) is 3.82. The number of carboxylic acids is 1. The van der Waals surface area contributed by atoms with E-state index in [-0.39, 0.29) is 11.8 Å². The first-order valence-corrected chi connectivity index (χ1v) is 10.0. The van der Waals surface area contributed by atoms with Gasteiger partial charge in [-0.25, -0.2) is 9.67 Å². The molecule has 1 aromatic heterocycles. The molecule has 26 heavy (non-hydrogen) atoms. The van der Waals surface area contributed by atoms with Gasteiger partial charge in [-0.05, 0) is 56.9 Å². The molecule has 0 unspecified atom stereocenters. The Balaban J connectivity index is 1.54. The van der Waals surface area contributed by atoms with Gasteiger partial charge in [0.15, 0.2) is 5.82 Å². The molecule has 2 aliphatic rings. The first-order chi connectivity index (χ1) is 12.6. The number of nitrogens with zero attached hydrogens (tertiary/aromatic N) is 4. The highest BCUT2D eigenvalue weighted by Gasteiger charge is 2.29. The molecule has 1 saturated heterocycles. The van der Waals surface area contributed by atoms with Gasteiger partial charge in [-0.15, -0.1) is 11.8 Å². The van der Waals surface area contributed by atoms with Crippen LogP contribution in [0.25, 0.3) is 0 Å². The summed E-state index contributed by atoms with van der Waals surface area (Å²) in [4.78, 5) is 19.7. The molecule has 7 heteroatoms. The summed E-state index contributed by atoms with van der Waals surface area (Å²) in [5, 5.41) is 14.0. The van der Waals surface area contributed by atoms with Crippen molar-refractivity contribution in [3.63, 3.8) is 0 Å². The van der Waals surface area contributed by atoms with Crippen LogP contribution >= 0.6 is 11.8 Å². The summed E-state index contributed by atoms with van der Waals surface area (Å²) in [5.41, 5.74) is 1.31. The smallest absolute Gasteiger partial charge is 0.325 e. The molecule has 1 N–H and O–H groups in total. The Morgan fingerprint density at radius 1 is 1.31 bits per heavy atom. The summed E-state index contributed by atoms with van der Waals surface area (Å²) < 4.78 is 1.61. The van der Waals surface area contributed by atoms with Crippen LogP contribution in [-0.4, -0.2) is 50.9 Å². The number of carbonyl (C=O) groups is 1. The van der Waals surface area contributed by atoms with E-state index in [1.807, 2.05) is 6.07 Å². The molecule has 0 spiro atoms. The van der Waals surface area contributed by atoms with Crippen molar-refractivity contribution in [1.82, 2.24) is 19.7 Å². The third-order valence-electron chi connectivity index (χ3n) is 5.27. The van der Waals surface area contributed by atoms with Crippen molar-refractivity contribution in [3.8, 4) is 0 Å². The number of piperidine rings is 1. The Morgan fingerprint density at radius 3 is 2.81 bits per heavy atom. The molecule has 1 fully saturated rings. The van der Waals surface area contributed by atoms with Crippen LogP contribution in [-0.2, 0) is 24.2 Å². The van der Waals surface area contributed by atoms with Gasteiger partial charge < -0.3 is 10.0 Å². The molecular formula is C19H24N4O2S. The van der Waals surface area contributed by atoms with Crippen LogP contribution in [0.15, 0.2) is 29.2 Å². The molecule has 2 aromatic rings. The number of benzene rings is 1. The molecule has 3 heterocycles. The molecule has 1 atom stereocenters. The number of likely N-dealkylation sites (tertiary alicyclic amines) is 1. The predicted molar refractivity (Wildman–Crippen MR) is 100 cm³/mol. The van der Waals surface area contributed by atoms with Crippen LogP contribution in [0.4, 0.5) is 0 Å². The maximum atomic E-state index is 11.3. The summed E-state index contributed by atoms with van der Waals surface area (Å²) in [7, 11) is 2.16. The number of fused-ring (bicyclic) bond motifs is 1. The second kappa shape index (κ2) is 7.40. The number of thioether (sulfide) groups is 1. The van der Waals surface area contributed by atoms with Crippen molar-refractivity contribution in [2.45, 2.75) is 42.4 Å². The van der Waals surface area contributed by atoms with Crippen LogP contribution in [0.5, 0.6) is 0 Å². The third-order valence-corrected chi connectivity index (χ3v) is 6.59. The van der Waals surface area contributed by atoms with Gasteiger partial charge in [-0.2, -0.15) is 5.10 Å². The summed E-state index contributed by atoms with van der Waals surface area (Å²) in [6, 6.07) is 8.36. The van der Waals surface area contributed by atoms with Gasteiger partial charge in [0.05, 0.1) is 5.25 Å². The van der Waals surface area contributed by atoms with Crippen molar-refractivity contribution >= 4 is 17.7 Å². The second-order valence-electron chi connectivity index (χ2n) is 7.31. The van der Waals surface area contributed by atoms with Crippen LogP contribution in [0.2, 0.25) is 0 Å². The lowest BCUT2D eigenvalue weighted by Crippen LogP contribution is -2.31. The van der Waals surface area contributed by atoms with Gasteiger partial charge in [0.1, 0.15) is 12.4 Å². The Labute approximate surface area is 157 Å². The zero-order valence-corrected chi connectivity index (χ0v) is 15.8. The highest BCUT2D eigenvalue weighted by Crippen LogP contribution is 2.45. The van der Waals surface area contributed by atoms with E-state index in [1.54, 1.807) is 16.4 Å². The van der Waals surface area contributed by atoms with Crippen LogP contribution in [0.1, 0.15) is 35.3 Å². The monoisotopic (exact) mass is 372 g/mol. The molecule has 6 nitrogen and oxygen atoms in total. The van der Waals surface area contributed by atoms with Crippen LogP contribution in [0, 0.1) is 5.92 Å². The minimum absolute atomic E-state index is 0.122. The summed E-state index contributed by atoms with van der Waals surface area (Å²) >= 11 is 1.77. The fourth-order valence-corrected chi connectivity index (χ4v) is 5.13. The summed E-state index contributed by atoms with van der Waals surface area (Å²) in [6.45, 7) is 2.10. The zero-order chi connectivity index (χ0) is 18.1. The van der Waals surface area contributed by atoms with Gasteiger partial charge in [-0.3, -0.25) is 4.79 Å². The molecule has 0 radical (unpaired) electrons. The largest absolute Gasteiger partial charge is 0.480 e. The number of rotatable bonds is 5. The molecule has 4 rings (SSSR count). The Hall–Kier alpha value is -1.86. The van der Waals surface area contributed by atoms with Gasteiger partial charge in [-0.1, -0.05) is 18.2 Å². The van der Waals surface area contributed by atoms with E-state index in [0.29, 0.717) is 5.92 Å². The topological polar surface area (TPSA) is 71.2 Å². The molecule has 2 aliphatic heterocycles. The fraction of sp³-hybridized carbons (Fsp3) is 0.526. The van der Waals surface area contributed by atoms with Crippen LogP contribution < -0.4 is 0 Å². The molecular weight excluding hydrogens is 348 g/mol. The van der Waals surface area contributed by atoms with Crippen molar-refractivity contribution < 1.29 is 9.90 Å². The van der Waals surface area contributed by atoms with E-state index in [0.717, 1.165) is 50.4 Å². The third kappa shape index (κ3) is 3.78. The molecule has 0 saturated carbocycles. The predicted octanol–water partition coefficient (Wildman–Crippen LogP) is 2.64. The van der Waals surface area contributed by atoms with Gasteiger partial charge in [0.25, 0.3) is 0 Å². The second-order valence-corrected chi connectivity index (χ2v) is 8.55. The summed E-state index contributed by atoms with van der Waals surface area (Å²) in [6.07, 6.45) is 4.04. The quantitative estimate of drug-likeness (QED) is 0.870. The standard InChI is InChI=1S/C19H24N4O2S/c1-22-8-6-13(7-9-22)10-17-20-19(23(21-17)12-18(24)25)16-11-14-4-2-3-5-15(14)26-16/h2-5,13,16H,6-12H2,1H3,(H,24,25)/t16-/m0/s1. The normalized spacial score (nSPS) is 21.0. The van der Waals surface area contributed by atoms with Crippen molar-refractivity contribution in [1.29, 1.82) is 0 Å². The maximum Gasteiger partial charge on any atom is 0.325 e. The van der Waals surface area contributed by atoms with E-state index in [9.17, 15) is 9.90 Å². The Bertz CT molecular complexity index is 774. The van der Waals surface area contributed by atoms with E-state index >= 15 is 0 Å². The molecule has 0 bridgehead atoms. The maximum absolute atomic E-state index is 11.3. The van der Waals surface area contributed by atoms with E-state index in [4.69, 9.17) is 4.98 Å². The summed E-state index contributed by atoms with van der Waals surface area (Å²) in [5.74, 6) is 1.32. The van der Waals surface area contributed by atoms with E-state index in [1.165, 1.54) is 10.5 Å². The van der Waals surface area contributed by atoms with Crippen molar-refractivity contribution in [2.24, 2.45) is 5.92 Å². The average molecular weight is 372 g/mol. The average Bonchev–Trinajstić information content (AvgIpc) is 3.20. The van der Waals surface area contributed by atoms with Crippen LogP contribution in [0.3, 0.4) is 0 Å². The SMILES string of the molecule is CN1CCC(Cc2nc([C@@H]3Cc4ccccc4S3)n(CC(=O)O)n2)CC1. The Morgan fingerprint density at radius 2 is 2.08 bits per heavy atom. The van der Waals surface area contributed by atoms with Gasteiger partial charge in [0.2, 0.25) is 0 Å². The first kappa shape index (κ1) is 17.5. The lowest BCUT2D eigenvalue weighted by molar-refractivity contribution is -0.137. The molecule has 138 valence electrons. The number of carboxylic acid groups (broad SMARTS) is 1. The van der Waals surface area contributed by atoms with E-state index in [2.05, 4.69) is 35.2 Å². The molecule has 0 aliphatic carbocycles. The Kier molecular flexibility index (Phi) is 5.00. The number of hydrogen-bond donors (Lipinski definition) is 1. The molecule has 0 amide bonds. The number of hydrogen-bond acceptors (Lipinski definition) is 5. The van der Waals surface area contributed by atoms with Crippen molar-refractivity contribution in [2.75, 3.05) is 20.1 Å². The zero-order valence-electron chi connectivity index (χ0n) is 15.0. The first-order valence-electron chi connectivity index (χ1n) is 9.17. The van der Waals surface area contributed by atoms with E-state index < -0.39 is 5.97 Å². The van der Waals surface area contributed by atoms with Gasteiger partial charge in [0, 0.05) is 11.3 Å². The lowest BCUT2D eigenvalue weighted by atomic mass is 9.94. The lowest BCUT2D eigenvalue weighted by Gasteiger charge is -2.28. The highest BCUT2D eigenvalue weighted by molar-refractivity contribution is 7.99. The minimum Gasteiger partial charge on any atom is -0.480 e. The minimum atomic E-state index is -0.873. The molecule has 1 aromatic carbocycles. The number of aliphatic carboxylic acids is 1.